The van der Waals surface area contributed by atoms with E-state index in [1.807, 2.05) is 63.2 Å². The Kier molecular flexibility index (Phi) is 6.09. The van der Waals surface area contributed by atoms with Crippen LogP contribution in [0.5, 0.6) is 5.75 Å². The Labute approximate surface area is 165 Å². The Bertz CT molecular complexity index is 944. The second-order valence-corrected chi connectivity index (χ2v) is 6.80. The average molecular weight is 380 g/mol. The van der Waals surface area contributed by atoms with Crippen LogP contribution in [0.4, 0.5) is 27.5 Å². The first-order valence-electron chi connectivity index (χ1n) is 9.35. The third-order valence-corrected chi connectivity index (χ3v) is 4.54. The third kappa shape index (κ3) is 4.97. The van der Waals surface area contributed by atoms with Crippen molar-refractivity contribution in [1.29, 1.82) is 0 Å². The van der Waals surface area contributed by atoms with Crippen LogP contribution in [-0.4, -0.2) is 16.1 Å². The molecule has 1 aromatic heterocycles. The molecule has 0 fully saturated rings. The topological polar surface area (TPSA) is 59.1 Å². The van der Waals surface area contributed by atoms with Crippen molar-refractivity contribution >= 4 is 23.1 Å². The van der Waals surface area contributed by atoms with E-state index in [2.05, 4.69) is 27.5 Å². The molecule has 146 valence electrons. The second kappa shape index (κ2) is 8.69. The molecule has 0 radical (unpaired) electrons. The first-order chi connectivity index (χ1) is 13.4. The number of benzene rings is 2. The molecule has 1 heterocycles. The van der Waals surface area contributed by atoms with Crippen LogP contribution in [0.3, 0.4) is 0 Å². The van der Waals surface area contributed by atoms with Crippen LogP contribution >= 0.6 is 0 Å². The molecule has 0 aliphatic rings. The Hall–Kier alpha value is -3.15. The molecule has 2 N–H and O–H groups in total. The zero-order valence-electron chi connectivity index (χ0n) is 16.6. The van der Waals surface area contributed by atoms with Crippen LogP contribution in [-0.2, 0) is 0 Å². The lowest BCUT2D eigenvalue weighted by Crippen LogP contribution is -2.09. The normalized spacial score (nSPS) is 11.8. The molecule has 5 nitrogen and oxygen atoms in total. The van der Waals surface area contributed by atoms with Crippen LogP contribution in [0.1, 0.15) is 31.4 Å². The van der Waals surface area contributed by atoms with Gasteiger partial charge in [0, 0.05) is 11.4 Å². The number of rotatable bonds is 7. The fourth-order valence-electron chi connectivity index (χ4n) is 2.53. The highest BCUT2D eigenvalue weighted by molar-refractivity contribution is 5.61. The molecule has 1 unspecified atom stereocenters. The lowest BCUT2D eigenvalue weighted by atomic mass is 10.1. The molecule has 6 heteroatoms. The van der Waals surface area contributed by atoms with Crippen molar-refractivity contribution in [3.05, 3.63) is 65.6 Å². The standard InChI is InChI=1S/C22H25FN4O/c1-5-16(4)28-19-10-8-17(9-11-19)26-22-24-13-20(23)21(27-22)25-18-7-6-14(2)15(3)12-18/h6-13,16H,5H2,1-4H3,(H2,24,25,26,27). The van der Waals surface area contributed by atoms with Crippen LogP contribution in [0.15, 0.2) is 48.7 Å². The van der Waals surface area contributed by atoms with E-state index in [-0.39, 0.29) is 11.9 Å². The Balaban J connectivity index is 1.73. The third-order valence-electron chi connectivity index (χ3n) is 4.54. The van der Waals surface area contributed by atoms with Gasteiger partial charge in [0.05, 0.1) is 12.3 Å². The van der Waals surface area contributed by atoms with Crippen molar-refractivity contribution in [2.75, 3.05) is 10.6 Å². The first-order valence-corrected chi connectivity index (χ1v) is 9.35. The molecular formula is C22H25FN4O. The van der Waals surface area contributed by atoms with Gasteiger partial charge in [-0.3, -0.25) is 0 Å². The van der Waals surface area contributed by atoms with Gasteiger partial charge in [0.15, 0.2) is 11.6 Å². The fraction of sp³-hybridized carbons (Fsp3) is 0.273. The van der Waals surface area contributed by atoms with E-state index in [4.69, 9.17) is 4.74 Å². The highest BCUT2D eigenvalue weighted by Crippen LogP contribution is 2.23. The maximum atomic E-state index is 14.2. The molecule has 0 saturated heterocycles. The minimum absolute atomic E-state index is 0.123. The predicted molar refractivity (Wildman–Crippen MR) is 111 cm³/mol. The van der Waals surface area contributed by atoms with Crippen molar-refractivity contribution in [3.63, 3.8) is 0 Å². The van der Waals surface area contributed by atoms with Crippen molar-refractivity contribution in [1.82, 2.24) is 9.97 Å². The summed E-state index contributed by atoms with van der Waals surface area (Å²) in [6.07, 6.45) is 2.26. The number of aromatic nitrogens is 2. The molecule has 3 aromatic rings. The summed E-state index contributed by atoms with van der Waals surface area (Å²) >= 11 is 0. The largest absolute Gasteiger partial charge is 0.491 e. The Morgan fingerprint density at radius 2 is 1.71 bits per heavy atom. The van der Waals surface area contributed by atoms with E-state index in [1.165, 1.54) is 5.56 Å². The summed E-state index contributed by atoms with van der Waals surface area (Å²) in [5.41, 5.74) is 3.87. The van der Waals surface area contributed by atoms with Crippen molar-refractivity contribution in [3.8, 4) is 5.75 Å². The van der Waals surface area contributed by atoms with Crippen molar-refractivity contribution < 1.29 is 9.13 Å². The minimum atomic E-state index is -0.513. The van der Waals surface area contributed by atoms with E-state index < -0.39 is 5.82 Å². The number of nitrogens with one attached hydrogen (secondary N) is 2. The number of nitrogens with zero attached hydrogens (tertiary/aromatic N) is 2. The van der Waals surface area contributed by atoms with E-state index in [0.717, 1.165) is 35.3 Å². The molecule has 0 amide bonds. The summed E-state index contributed by atoms with van der Waals surface area (Å²) in [7, 11) is 0. The molecule has 0 aliphatic carbocycles. The van der Waals surface area contributed by atoms with Crippen LogP contribution < -0.4 is 15.4 Å². The van der Waals surface area contributed by atoms with Gasteiger partial charge in [-0.25, -0.2) is 9.37 Å². The number of aryl methyl sites for hydroxylation is 2. The monoisotopic (exact) mass is 380 g/mol. The van der Waals surface area contributed by atoms with E-state index in [0.29, 0.717) is 5.95 Å². The Morgan fingerprint density at radius 3 is 2.39 bits per heavy atom. The van der Waals surface area contributed by atoms with Gasteiger partial charge < -0.3 is 15.4 Å². The Morgan fingerprint density at radius 1 is 1.00 bits per heavy atom. The van der Waals surface area contributed by atoms with Gasteiger partial charge in [-0.1, -0.05) is 13.0 Å². The van der Waals surface area contributed by atoms with Gasteiger partial charge in [-0.15, -0.1) is 0 Å². The summed E-state index contributed by atoms with van der Waals surface area (Å²) < 4.78 is 19.9. The lowest BCUT2D eigenvalue weighted by Gasteiger charge is -2.13. The summed E-state index contributed by atoms with van der Waals surface area (Å²) in [6.45, 7) is 8.16. The summed E-state index contributed by atoms with van der Waals surface area (Å²) in [5, 5.41) is 6.11. The summed E-state index contributed by atoms with van der Waals surface area (Å²) in [5.74, 6) is 0.721. The molecule has 0 aliphatic heterocycles. The number of hydrogen-bond donors (Lipinski definition) is 2. The highest BCUT2D eigenvalue weighted by Gasteiger charge is 2.09. The quantitative estimate of drug-likeness (QED) is 0.535. The SMILES string of the molecule is CCC(C)Oc1ccc(Nc2ncc(F)c(Nc3ccc(C)c(C)c3)n2)cc1. The number of halogens is 1. The molecule has 0 spiro atoms. The van der Waals surface area contributed by atoms with Gasteiger partial charge in [-0.2, -0.15) is 4.98 Å². The molecular weight excluding hydrogens is 355 g/mol. The maximum Gasteiger partial charge on any atom is 0.229 e. The summed E-state index contributed by atoms with van der Waals surface area (Å²) in [6, 6.07) is 13.4. The molecule has 2 aromatic carbocycles. The maximum absolute atomic E-state index is 14.2. The summed E-state index contributed by atoms with van der Waals surface area (Å²) in [4.78, 5) is 8.28. The minimum Gasteiger partial charge on any atom is -0.491 e. The van der Waals surface area contributed by atoms with Crippen LogP contribution in [0.2, 0.25) is 0 Å². The van der Waals surface area contributed by atoms with Crippen LogP contribution in [0, 0.1) is 19.7 Å². The molecule has 28 heavy (non-hydrogen) atoms. The van der Waals surface area contributed by atoms with Gasteiger partial charge in [-0.05, 0) is 74.7 Å². The van der Waals surface area contributed by atoms with E-state index in [9.17, 15) is 4.39 Å². The average Bonchev–Trinajstić information content (AvgIpc) is 2.69. The highest BCUT2D eigenvalue weighted by atomic mass is 19.1. The zero-order chi connectivity index (χ0) is 20.1. The number of anilines is 4. The number of hydrogen-bond acceptors (Lipinski definition) is 5. The predicted octanol–water partition coefficient (Wildman–Crippen LogP) is 5.90. The second-order valence-electron chi connectivity index (χ2n) is 6.80. The lowest BCUT2D eigenvalue weighted by molar-refractivity contribution is 0.217. The van der Waals surface area contributed by atoms with Gasteiger partial charge in [0.1, 0.15) is 5.75 Å². The smallest absolute Gasteiger partial charge is 0.229 e. The van der Waals surface area contributed by atoms with E-state index >= 15 is 0 Å². The molecule has 0 saturated carbocycles. The van der Waals surface area contributed by atoms with Gasteiger partial charge in [0.2, 0.25) is 5.95 Å². The molecule has 3 rings (SSSR count). The van der Waals surface area contributed by atoms with Gasteiger partial charge in [0.25, 0.3) is 0 Å². The number of ether oxygens (including phenoxy) is 1. The van der Waals surface area contributed by atoms with Gasteiger partial charge >= 0.3 is 0 Å². The van der Waals surface area contributed by atoms with Crippen molar-refractivity contribution in [2.24, 2.45) is 0 Å². The molecule has 0 bridgehead atoms. The first kappa shape index (κ1) is 19.6. The van der Waals surface area contributed by atoms with Crippen molar-refractivity contribution in [2.45, 2.75) is 40.2 Å². The zero-order valence-corrected chi connectivity index (χ0v) is 16.6. The van der Waals surface area contributed by atoms with Crippen LogP contribution in [0.25, 0.3) is 0 Å². The fourth-order valence-corrected chi connectivity index (χ4v) is 2.53. The van der Waals surface area contributed by atoms with E-state index in [1.54, 1.807) is 0 Å². The molecule has 1 atom stereocenters.